The molecule has 7 heteroatoms. The van der Waals surface area contributed by atoms with E-state index < -0.39 is 5.79 Å². The van der Waals surface area contributed by atoms with E-state index in [-0.39, 0.29) is 11.7 Å². The summed E-state index contributed by atoms with van der Waals surface area (Å²) in [6, 6.07) is 7.48. The fourth-order valence-electron chi connectivity index (χ4n) is 3.35. The fraction of sp³-hybridized carbons (Fsp3) is 0.368. The fourth-order valence-corrected chi connectivity index (χ4v) is 3.35. The van der Waals surface area contributed by atoms with Gasteiger partial charge in [-0.1, -0.05) is 0 Å². The first-order valence-electron chi connectivity index (χ1n) is 8.68. The van der Waals surface area contributed by atoms with Crippen molar-refractivity contribution in [2.75, 3.05) is 36.5 Å². The van der Waals surface area contributed by atoms with Crippen LogP contribution in [-0.2, 0) is 9.47 Å². The molecule has 2 fully saturated rings. The number of anilines is 2. The number of nitrogens with zero attached hydrogens (tertiary/aromatic N) is 2. The van der Waals surface area contributed by atoms with E-state index in [0.717, 1.165) is 31.6 Å². The van der Waals surface area contributed by atoms with Gasteiger partial charge in [0.05, 0.1) is 30.7 Å². The average Bonchev–Trinajstić information content (AvgIpc) is 3.12. The maximum Gasteiger partial charge on any atom is 0.257 e. The summed E-state index contributed by atoms with van der Waals surface area (Å²) >= 11 is 0. The summed E-state index contributed by atoms with van der Waals surface area (Å²) in [6.45, 7) is 2.87. The molecule has 136 valence electrons. The lowest BCUT2D eigenvalue weighted by atomic mass is 10.0. The van der Waals surface area contributed by atoms with E-state index in [1.807, 2.05) is 6.07 Å². The van der Waals surface area contributed by atoms with E-state index in [0.29, 0.717) is 24.5 Å². The Kier molecular flexibility index (Phi) is 4.57. The third kappa shape index (κ3) is 3.54. The molecule has 1 aromatic carbocycles. The molecule has 0 aliphatic carbocycles. The number of nitrogens with one attached hydrogen (secondary N) is 1. The first-order chi connectivity index (χ1) is 12.6. The Morgan fingerprint density at radius 3 is 2.50 bits per heavy atom. The highest BCUT2D eigenvalue weighted by molar-refractivity contribution is 6.04. The van der Waals surface area contributed by atoms with Crippen LogP contribution in [0.25, 0.3) is 0 Å². The van der Waals surface area contributed by atoms with Gasteiger partial charge < -0.3 is 19.7 Å². The monoisotopic (exact) mass is 357 g/mol. The molecular formula is C19H20FN3O3. The Bertz CT molecular complexity index is 781. The van der Waals surface area contributed by atoms with Gasteiger partial charge in [0.1, 0.15) is 5.82 Å². The molecule has 4 rings (SSSR count). The van der Waals surface area contributed by atoms with E-state index in [1.165, 1.54) is 30.5 Å². The third-order valence-electron chi connectivity index (χ3n) is 4.79. The van der Waals surface area contributed by atoms with E-state index >= 15 is 0 Å². The molecule has 0 unspecified atom stereocenters. The molecule has 1 N–H and O–H groups in total. The minimum Gasteiger partial charge on any atom is -0.370 e. The molecule has 2 aliphatic heterocycles. The van der Waals surface area contributed by atoms with Gasteiger partial charge in [0, 0.05) is 37.8 Å². The standard InChI is InChI=1S/C19H20FN3O3/c20-15-1-3-16(4-2-15)22-18(24)14-11-17(13-21-12-14)23-7-5-19(6-8-23)25-9-10-26-19/h1-4,11-13H,5-10H2,(H,22,24). The molecule has 2 aromatic rings. The van der Waals surface area contributed by atoms with Crippen molar-refractivity contribution < 1.29 is 18.7 Å². The number of amides is 1. The molecule has 0 radical (unpaired) electrons. The highest BCUT2D eigenvalue weighted by Gasteiger charge is 2.39. The van der Waals surface area contributed by atoms with E-state index in [1.54, 1.807) is 6.20 Å². The lowest BCUT2D eigenvalue weighted by Crippen LogP contribution is -2.45. The quantitative estimate of drug-likeness (QED) is 0.915. The van der Waals surface area contributed by atoms with Crippen molar-refractivity contribution in [2.24, 2.45) is 0 Å². The van der Waals surface area contributed by atoms with Crippen LogP contribution in [0.4, 0.5) is 15.8 Å². The number of aromatic nitrogens is 1. The number of ether oxygens (including phenoxy) is 2. The van der Waals surface area contributed by atoms with Crippen LogP contribution in [0, 0.1) is 5.82 Å². The lowest BCUT2D eigenvalue weighted by molar-refractivity contribution is -0.169. The van der Waals surface area contributed by atoms with Crippen molar-refractivity contribution in [2.45, 2.75) is 18.6 Å². The van der Waals surface area contributed by atoms with Gasteiger partial charge in [0.15, 0.2) is 5.79 Å². The smallest absolute Gasteiger partial charge is 0.257 e. The van der Waals surface area contributed by atoms with Gasteiger partial charge in [-0.05, 0) is 30.3 Å². The number of carbonyl (C=O) groups is 1. The summed E-state index contributed by atoms with van der Waals surface area (Å²) in [4.78, 5) is 18.8. The molecule has 0 saturated carbocycles. The highest BCUT2D eigenvalue weighted by atomic mass is 19.1. The zero-order valence-electron chi connectivity index (χ0n) is 14.3. The normalized spacial score (nSPS) is 18.9. The lowest BCUT2D eigenvalue weighted by Gasteiger charge is -2.38. The molecule has 2 aliphatic rings. The SMILES string of the molecule is O=C(Nc1ccc(F)cc1)c1cncc(N2CCC3(CC2)OCCO3)c1. The molecule has 0 bridgehead atoms. The van der Waals surface area contributed by atoms with Gasteiger partial charge in [-0.25, -0.2) is 4.39 Å². The van der Waals surface area contributed by atoms with Crippen LogP contribution in [0.3, 0.4) is 0 Å². The summed E-state index contributed by atoms with van der Waals surface area (Å²) in [5, 5.41) is 2.75. The van der Waals surface area contributed by atoms with Crippen LogP contribution in [0.2, 0.25) is 0 Å². The molecule has 3 heterocycles. The number of hydrogen-bond acceptors (Lipinski definition) is 5. The van der Waals surface area contributed by atoms with Gasteiger partial charge in [0.25, 0.3) is 5.91 Å². The minimum atomic E-state index is -0.429. The zero-order valence-corrected chi connectivity index (χ0v) is 14.3. The molecule has 1 amide bonds. The second-order valence-electron chi connectivity index (χ2n) is 6.49. The molecule has 0 atom stereocenters. The number of benzene rings is 1. The molecule has 2 saturated heterocycles. The second kappa shape index (κ2) is 7.01. The first-order valence-corrected chi connectivity index (χ1v) is 8.68. The molecule has 1 spiro atoms. The van der Waals surface area contributed by atoms with Crippen molar-refractivity contribution in [3.63, 3.8) is 0 Å². The number of pyridine rings is 1. The average molecular weight is 357 g/mol. The Hall–Kier alpha value is -2.51. The van der Waals surface area contributed by atoms with Crippen LogP contribution in [-0.4, -0.2) is 43.0 Å². The largest absolute Gasteiger partial charge is 0.370 e. The van der Waals surface area contributed by atoms with Crippen molar-refractivity contribution >= 4 is 17.3 Å². The Morgan fingerprint density at radius 2 is 1.81 bits per heavy atom. The Balaban J connectivity index is 1.43. The van der Waals surface area contributed by atoms with E-state index in [2.05, 4.69) is 15.2 Å². The van der Waals surface area contributed by atoms with Crippen LogP contribution in [0.5, 0.6) is 0 Å². The molecular weight excluding hydrogens is 337 g/mol. The van der Waals surface area contributed by atoms with Crippen LogP contribution >= 0.6 is 0 Å². The van der Waals surface area contributed by atoms with Gasteiger partial charge in [-0.15, -0.1) is 0 Å². The molecule has 6 nitrogen and oxygen atoms in total. The maximum atomic E-state index is 13.0. The van der Waals surface area contributed by atoms with Crippen molar-refractivity contribution in [3.8, 4) is 0 Å². The number of carbonyl (C=O) groups excluding carboxylic acids is 1. The Morgan fingerprint density at radius 1 is 1.12 bits per heavy atom. The summed E-state index contributed by atoms with van der Waals surface area (Å²) < 4.78 is 24.5. The topological polar surface area (TPSA) is 63.7 Å². The summed E-state index contributed by atoms with van der Waals surface area (Å²) in [7, 11) is 0. The predicted octanol–water partition coefficient (Wildman–Crippen LogP) is 2.82. The van der Waals surface area contributed by atoms with Gasteiger partial charge in [-0.2, -0.15) is 0 Å². The number of rotatable bonds is 3. The van der Waals surface area contributed by atoms with Crippen molar-refractivity contribution in [3.05, 3.63) is 54.1 Å². The third-order valence-corrected chi connectivity index (χ3v) is 4.79. The van der Waals surface area contributed by atoms with Gasteiger partial charge in [0.2, 0.25) is 0 Å². The first kappa shape index (κ1) is 16.9. The summed E-state index contributed by atoms with van der Waals surface area (Å²) in [5.74, 6) is -1.05. The maximum absolute atomic E-state index is 13.0. The second-order valence-corrected chi connectivity index (χ2v) is 6.49. The van der Waals surface area contributed by atoms with Crippen molar-refractivity contribution in [1.29, 1.82) is 0 Å². The number of halogens is 1. The van der Waals surface area contributed by atoms with Crippen LogP contribution in [0.15, 0.2) is 42.7 Å². The minimum absolute atomic E-state index is 0.276. The summed E-state index contributed by atoms with van der Waals surface area (Å²) in [6.07, 6.45) is 4.86. The number of hydrogen-bond donors (Lipinski definition) is 1. The predicted molar refractivity (Wildman–Crippen MR) is 94.7 cm³/mol. The molecule has 26 heavy (non-hydrogen) atoms. The van der Waals surface area contributed by atoms with E-state index in [4.69, 9.17) is 9.47 Å². The van der Waals surface area contributed by atoms with Gasteiger partial charge in [-0.3, -0.25) is 9.78 Å². The Labute approximate surface area is 150 Å². The summed E-state index contributed by atoms with van der Waals surface area (Å²) in [5.41, 5.74) is 1.89. The van der Waals surface area contributed by atoms with Crippen LogP contribution < -0.4 is 10.2 Å². The van der Waals surface area contributed by atoms with Gasteiger partial charge >= 0.3 is 0 Å². The van der Waals surface area contributed by atoms with Crippen molar-refractivity contribution in [1.82, 2.24) is 4.98 Å². The highest BCUT2D eigenvalue weighted by Crippen LogP contribution is 2.33. The molecule has 1 aromatic heterocycles. The van der Waals surface area contributed by atoms with E-state index in [9.17, 15) is 9.18 Å². The van der Waals surface area contributed by atoms with Crippen LogP contribution in [0.1, 0.15) is 23.2 Å². The zero-order chi connectivity index (χ0) is 18.0. The number of piperidine rings is 1.